The van der Waals surface area contributed by atoms with Crippen molar-refractivity contribution in [2.45, 2.75) is 19.6 Å². The summed E-state index contributed by atoms with van der Waals surface area (Å²) in [5.41, 5.74) is 2.26. The van der Waals surface area contributed by atoms with Gasteiger partial charge in [0.1, 0.15) is 23.3 Å². The smallest absolute Gasteiger partial charge is 0.387 e. The predicted molar refractivity (Wildman–Crippen MR) is 109 cm³/mol. The van der Waals surface area contributed by atoms with E-state index in [1.54, 1.807) is 47.4 Å². The lowest BCUT2D eigenvalue weighted by molar-refractivity contribution is -0.0498. The van der Waals surface area contributed by atoms with Crippen molar-refractivity contribution in [2.24, 2.45) is 11.0 Å². The van der Waals surface area contributed by atoms with Crippen molar-refractivity contribution in [3.8, 4) is 5.75 Å². The first kappa shape index (κ1) is 19.8. The van der Waals surface area contributed by atoms with E-state index in [9.17, 15) is 13.2 Å². The highest BCUT2D eigenvalue weighted by Gasteiger charge is 2.29. The predicted octanol–water partition coefficient (Wildman–Crippen LogP) is 5.38. The van der Waals surface area contributed by atoms with Crippen LogP contribution >= 0.6 is 0 Å². The number of hydrogen-bond donors (Lipinski definition) is 0. The molecule has 0 saturated heterocycles. The number of hydrogen-bond acceptors (Lipinski definition) is 4. The van der Waals surface area contributed by atoms with Gasteiger partial charge in [0.15, 0.2) is 0 Å². The van der Waals surface area contributed by atoms with Crippen molar-refractivity contribution in [1.29, 1.82) is 0 Å². The Morgan fingerprint density at radius 2 is 2.07 bits per heavy atom. The molecule has 8 heteroatoms. The van der Waals surface area contributed by atoms with E-state index in [1.165, 1.54) is 23.2 Å². The zero-order valence-corrected chi connectivity index (χ0v) is 16.1. The van der Waals surface area contributed by atoms with Gasteiger partial charge in [-0.15, -0.1) is 0 Å². The Hall–Kier alpha value is -3.55. The second kappa shape index (κ2) is 8.06. The molecule has 0 bridgehead atoms. The van der Waals surface area contributed by atoms with Gasteiger partial charge in [-0.25, -0.2) is 9.40 Å². The van der Waals surface area contributed by atoms with Crippen LogP contribution in [0.2, 0.25) is 0 Å². The molecule has 4 rings (SSSR count). The number of aromatic nitrogens is 2. The summed E-state index contributed by atoms with van der Waals surface area (Å²) in [6.07, 6.45) is 10.0. The lowest BCUT2D eigenvalue weighted by atomic mass is 9.95. The maximum Gasteiger partial charge on any atom is 0.387 e. The molecule has 2 heterocycles. The van der Waals surface area contributed by atoms with Gasteiger partial charge in [0.05, 0.1) is 11.4 Å². The van der Waals surface area contributed by atoms with Gasteiger partial charge < -0.3 is 4.74 Å². The van der Waals surface area contributed by atoms with Crippen LogP contribution in [0.15, 0.2) is 90.1 Å². The van der Waals surface area contributed by atoms with Crippen LogP contribution < -0.4 is 9.75 Å². The highest BCUT2D eigenvalue weighted by Crippen LogP contribution is 2.33. The third-order valence-electron chi connectivity index (χ3n) is 4.86. The zero-order valence-electron chi connectivity index (χ0n) is 16.1. The second-order valence-corrected chi connectivity index (χ2v) is 6.91. The maximum atomic E-state index is 14.6. The van der Waals surface area contributed by atoms with E-state index in [4.69, 9.17) is 0 Å². The quantitative estimate of drug-likeness (QED) is 0.662. The van der Waals surface area contributed by atoms with Gasteiger partial charge in [-0.1, -0.05) is 31.7 Å². The van der Waals surface area contributed by atoms with Crippen LogP contribution in [0.4, 0.5) is 18.9 Å². The summed E-state index contributed by atoms with van der Waals surface area (Å²) in [6.45, 7) is 3.03. The number of anilines is 1. The van der Waals surface area contributed by atoms with Gasteiger partial charge >= 0.3 is 6.61 Å². The van der Waals surface area contributed by atoms with Gasteiger partial charge in [0.25, 0.3) is 0 Å². The topological polar surface area (TPSA) is 42.6 Å². The number of halogens is 3. The molecule has 2 unspecified atom stereocenters. The van der Waals surface area contributed by atoms with E-state index >= 15 is 0 Å². The van der Waals surface area contributed by atoms with E-state index in [2.05, 4.69) is 21.5 Å². The summed E-state index contributed by atoms with van der Waals surface area (Å²) in [4.78, 5) is 0. The number of alkyl halides is 2. The van der Waals surface area contributed by atoms with E-state index in [0.29, 0.717) is 22.7 Å². The Labute approximate surface area is 171 Å². The molecule has 154 valence electrons. The molecule has 1 aromatic carbocycles. The third-order valence-corrected chi connectivity index (χ3v) is 4.86. The van der Waals surface area contributed by atoms with Gasteiger partial charge in [0.2, 0.25) is 0 Å². The Morgan fingerprint density at radius 1 is 1.23 bits per heavy atom. The van der Waals surface area contributed by atoms with Crippen molar-refractivity contribution in [2.75, 3.05) is 5.01 Å². The molecule has 0 fully saturated rings. The fraction of sp³-hybridized carbons (Fsp3) is 0.182. The summed E-state index contributed by atoms with van der Waals surface area (Å²) in [5, 5.41) is 10.5. The Morgan fingerprint density at radius 3 is 2.83 bits per heavy atom. The molecular weight excluding hydrogens is 393 g/mol. The lowest BCUT2D eigenvalue weighted by Crippen LogP contribution is -2.26. The van der Waals surface area contributed by atoms with Gasteiger partial charge in [-0.05, 0) is 35.9 Å². The molecule has 0 N–H and O–H groups in total. The Balaban J connectivity index is 1.70. The largest absolute Gasteiger partial charge is 0.435 e. The minimum Gasteiger partial charge on any atom is -0.435 e. The van der Waals surface area contributed by atoms with Crippen LogP contribution in [0, 0.1) is 5.92 Å². The molecule has 0 radical (unpaired) electrons. The van der Waals surface area contributed by atoms with E-state index < -0.39 is 12.7 Å². The molecule has 0 saturated carbocycles. The molecule has 1 aromatic heterocycles. The summed E-state index contributed by atoms with van der Waals surface area (Å²) in [5.74, 6) is -0.362. The van der Waals surface area contributed by atoms with Crippen LogP contribution in [0.5, 0.6) is 5.75 Å². The van der Waals surface area contributed by atoms with Crippen molar-refractivity contribution >= 4 is 11.4 Å². The highest BCUT2D eigenvalue weighted by molar-refractivity contribution is 6.14. The standard InChI is InChI=1S/C22H19F3N4O/c1-14-10-12-28(16-6-4-7-17(13-16)30-22(24)25)27-20(14)19-9-11-26-29(19)21-15(2)5-3-8-18(21)23/h3-13,15,21-22H,1H2,2H3. The van der Waals surface area contributed by atoms with Crippen molar-refractivity contribution in [1.82, 2.24) is 9.78 Å². The van der Waals surface area contributed by atoms with Crippen LogP contribution in [0.1, 0.15) is 18.7 Å². The molecule has 30 heavy (non-hydrogen) atoms. The fourth-order valence-corrected chi connectivity index (χ4v) is 3.45. The summed E-state index contributed by atoms with van der Waals surface area (Å²) >= 11 is 0. The summed E-state index contributed by atoms with van der Waals surface area (Å²) in [7, 11) is 0. The monoisotopic (exact) mass is 412 g/mol. The maximum absolute atomic E-state index is 14.6. The van der Waals surface area contributed by atoms with Crippen molar-refractivity contribution < 1.29 is 17.9 Å². The zero-order chi connectivity index (χ0) is 21.3. The Kier molecular flexibility index (Phi) is 5.31. The van der Waals surface area contributed by atoms with Crippen LogP contribution in [-0.4, -0.2) is 22.1 Å². The first-order chi connectivity index (χ1) is 14.4. The molecule has 1 aliphatic carbocycles. The van der Waals surface area contributed by atoms with Gasteiger partial charge in [-0.3, -0.25) is 4.68 Å². The molecule has 2 atom stereocenters. The molecule has 2 aromatic rings. The van der Waals surface area contributed by atoms with Crippen LogP contribution in [-0.2, 0) is 0 Å². The number of allylic oxidation sites excluding steroid dienone is 6. The minimum absolute atomic E-state index is 0.0251. The molecule has 2 aliphatic rings. The molecule has 0 spiro atoms. The van der Waals surface area contributed by atoms with Crippen LogP contribution in [0.3, 0.4) is 0 Å². The van der Waals surface area contributed by atoms with E-state index in [1.807, 2.05) is 13.0 Å². The summed E-state index contributed by atoms with van der Waals surface area (Å²) in [6, 6.07) is 7.37. The molecule has 1 aliphatic heterocycles. The average Bonchev–Trinajstić information content (AvgIpc) is 3.17. The highest BCUT2D eigenvalue weighted by atomic mass is 19.3. The average molecular weight is 412 g/mol. The number of benzene rings is 1. The first-order valence-electron chi connectivity index (χ1n) is 9.32. The lowest BCUT2D eigenvalue weighted by Gasteiger charge is -2.27. The molecule has 5 nitrogen and oxygen atoms in total. The number of ether oxygens (including phenoxy) is 1. The van der Waals surface area contributed by atoms with Gasteiger partial charge in [0, 0.05) is 24.4 Å². The molecule has 0 amide bonds. The summed E-state index contributed by atoms with van der Waals surface area (Å²) < 4.78 is 45.7. The van der Waals surface area contributed by atoms with Crippen molar-refractivity contribution in [3.63, 3.8) is 0 Å². The normalized spacial score (nSPS) is 21.1. The van der Waals surface area contributed by atoms with Crippen molar-refractivity contribution in [3.05, 3.63) is 90.7 Å². The fourth-order valence-electron chi connectivity index (χ4n) is 3.45. The van der Waals surface area contributed by atoms with Gasteiger partial charge in [-0.2, -0.15) is 19.0 Å². The number of hydrazone groups is 1. The number of rotatable bonds is 5. The first-order valence-corrected chi connectivity index (χ1v) is 9.32. The second-order valence-electron chi connectivity index (χ2n) is 6.91. The number of nitrogens with zero attached hydrogens (tertiary/aromatic N) is 4. The third kappa shape index (κ3) is 3.80. The SMILES string of the molecule is C=C1C=CN(c2cccc(OC(F)F)c2)N=C1c1ccnn1C1C(F)=CC=CC1C. The van der Waals surface area contributed by atoms with Crippen LogP contribution in [0.25, 0.3) is 0 Å². The Bertz CT molecular complexity index is 1080. The van der Waals surface area contributed by atoms with E-state index in [-0.39, 0.29) is 17.5 Å². The molecular formula is C22H19F3N4O. The van der Waals surface area contributed by atoms with E-state index in [0.717, 1.165) is 0 Å². The minimum atomic E-state index is -2.92.